The van der Waals surface area contributed by atoms with Crippen LogP contribution < -0.4 is 5.32 Å². The van der Waals surface area contributed by atoms with Crippen molar-refractivity contribution in [3.8, 4) is 0 Å². The highest BCUT2D eigenvalue weighted by molar-refractivity contribution is 6.11. The van der Waals surface area contributed by atoms with Gasteiger partial charge in [0.1, 0.15) is 6.04 Å². The van der Waals surface area contributed by atoms with E-state index in [1.54, 1.807) is 6.20 Å². The zero-order chi connectivity index (χ0) is 14.3. The van der Waals surface area contributed by atoms with E-state index in [-0.39, 0.29) is 24.1 Å². The van der Waals surface area contributed by atoms with Gasteiger partial charge in [0, 0.05) is 24.1 Å². The van der Waals surface area contributed by atoms with Crippen LogP contribution in [0.2, 0.25) is 0 Å². The van der Waals surface area contributed by atoms with Crippen molar-refractivity contribution in [2.75, 3.05) is 7.05 Å². The molecular formula is C14H13N3O3. The van der Waals surface area contributed by atoms with Crippen LogP contribution in [0.4, 0.5) is 0 Å². The first-order valence-electron chi connectivity index (χ1n) is 6.25. The van der Waals surface area contributed by atoms with E-state index in [1.165, 1.54) is 7.05 Å². The van der Waals surface area contributed by atoms with Crippen molar-refractivity contribution >= 4 is 28.6 Å². The number of nitrogens with one attached hydrogen (secondary N) is 2. The lowest BCUT2D eigenvalue weighted by molar-refractivity contribution is -0.137. The third kappa shape index (κ3) is 1.85. The Labute approximate surface area is 114 Å². The number of aromatic amines is 1. The molecule has 20 heavy (non-hydrogen) atoms. The molecule has 0 bridgehead atoms. The predicted molar refractivity (Wildman–Crippen MR) is 71.9 cm³/mol. The summed E-state index contributed by atoms with van der Waals surface area (Å²) in [6.07, 6.45) is 1.62. The molecule has 6 heteroatoms. The largest absolute Gasteiger partial charge is 0.360 e. The molecule has 2 aromatic rings. The van der Waals surface area contributed by atoms with E-state index < -0.39 is 6.04 Å². The molecule has 3 rings (SSSR count). The molecule has 2 N–H and O–H groups in total. The Morgan fingerprint density at radius 1 is 1.35 bits per heavy atom. The van der Waals surface area contributed by atoms with Gasteiger partial charge in [0.2, 0.25) is 5.91 Å². The summed E-state index contributed by atoms with van der Waals surface area (Å²) < 4.78 is 0. The van der Waals surface area contributed by atoms with Gasteiger partial charge in [-0.05, 0) is 6.07 Å². The first-order valence-corrected chi connectivity index (χ1v) is 6.25. The zero-order valence-electron chi connectivity index (χ0n) is 10.8. The number of nitrogens with zero attached hydrogens (tertiary/aromatic N) is 1. The molecule has 1 atom stereocenters. The number of amides is 3. The fourth-order valence-corrected chi connectivity index (χ4v) is 2.36. The number of aromatic nitrogens is 1. The molecule has 1 fully saturated rings. The number of likely N-dealkylation sites (N-methyl/N-ethyl adjacent to an activating group) is 1. The number of rotatable bonds is 2. The molecule has 1 aliphatic heterocycles. The van der Waals surface area contributed by atoms with Crippen LogP contribution in [0.3, 0.4) is 0 Å². The van der Waals surface area contributed by atoms with Crippen molar-refractivity contribution in [2.45, 2.75) is 12.5 Å². The van der Waals surface area contributed by atoms with Crippen LogP contribution >= 0.6 is 0 Å². The quantitative estimate of drug-likeness (QED) is 0.787. The Morgan fingerprint density at radius 3 is 2.80 bits per heavy atom. The first kappa shape index (κ1) is 12.4. The van der Waals surface area contributed by atoms with Gasteiger partial charge in [0.05, 0.1) is 12.0 Å². The van der Waals surface area contributed by atoms with E-state index in [9.17, 15) is 14.4 Å². The fraction of sp³-hybridized carbons (Fsp3) is 0.214. The highest BCUT2D eigenvalue weighted by Gasteiger charge is 2.37. The summed E-state index contributed by atoms with van der Waals surface area (Å²) in [5, 5.41) is 3.40. The van der Waals surface area contributed by atoms with Crippen molar-refractivity contribution in [1.82, 2.24) is 15.2 Å². The maximum atomic E-state index is 12.2. The average molecular weight is 271 g/mol. The molecule has 0 radical (unpaired) electrons. The van der Waals surface area contributed by atoms with E-state index in [0.717, 1.165) is 15.8 Å². The molecule has 102 valence electrons. The summed E-state index contributed by atoms with van der Waals surface area (Å²) in [6.45, 7) is 0. The number of H-pyrrole nitrogens is 1. The second-order valence-electron chi connectivity index (χ2n) is 4.77. The first-order chi connectivity index (χ1) is 9.58. The zero-order valence-corrected chi connectivity index (χ0v) is 10.8. The molecule has 0 aliphatic carbocycles. The third-order valence-electron chi connectivity index (χ3n) is 3.52. The van der Waals surface area contributed by atoms with E-state index in [4.69, 9.17) is 0 Å². The smallest absolute Gasteiger partial charge is 0.254 e. The predicted octanol–water partition coefficient (Wildman–Crippen LogP) is 0.655. The molecule has 1 unspecified atom stereocenters. The molecular weight excluding hydrogens is 258 g/mol. The summed E-state index contributed by atoms with van der Waals surface area (Å²) >= 11 is 0. The topological polar surface area (TPSA) is 82.3 Å². The van der Waals surface area contributed by atoms with Gasteiger partial charge in [-0.15, -0.1) is 0 Å². The highest BCUT2D eigenvalue weighted by Crippen LogP contribution is 2.18. The summed E-state index contributed by atoms with van der Waals surface area (Å²) in [5.74, 6) is -1.01. The van der Waals surface area contributed by atoms with Crippen molar-refractivity contribution < 1.29 is 14.4 Å². The second-order valence-corrected chi connectivity index (χ2v) is 4.77. The number of benzene rings is 1. The van der Waals surface area contributed by atoms with Crippen LogP contribution in [0.5, 0.6) is 0 Å². The van der Waals surface area contributed by atoms with Crippen LogP contribution in [-0.4, -0.2) is 40.7 Å². The average Bonchev–Trinajstić information content (AvgIpc) is 2.97. The minimum Gasteiger partial charge on any atom is -0.360 e. The molecule has 1 aromatic heterocycles. The summed E-state index contributed by atoms with van der Waals surface area (Å²) in [6, 6.07) is 6.63. The van der Waals surface area contributed by atoms with E-state index in [2.05, 4.69) is 10.3 Å². The minimum absolute atomic E-state index is 0.0173. The van der Waals surface area contributed by atoms with Gasteiger partial charge in [0.25, 0.3) is 11.8 Å². The van der Waals surface area contributed by atoms with E-state index >= 15 is 0 Å². The number of hydrogen-bond donors (Lipinski definition) is 2. The van der Waals surface area contributed by atoms with Gasteiger partial charge in [-0.3, -0.25) is 19.3 Å². The third-order valence-corrected chi connectivity index (χ3v) is 3.52. The Bertz CT molecular complexity index is 719. The van der Waals surface area contributed by atoms with Crippen LogP contribution in [0.15, 0.2) is 30.5 Å². The lowest BCUT2D eigenvalue weighted by Gasteiger charge is -2.10. The molecule has 0 spiro atoms. The molecule has 2 heterocycles. The number of likely N-dealkylation sites (tertiary alicyclic amines) is 1. The van der Waals surface area contributed by atoms with Crippen molar-refractivity contribution in [3.63, 3.8) is 0 Å². The van der Waals surface area contributed by atoms with Gasteiger partial charge in [-0.2, -0.15) is 0 Å². The van der Waals surface area contributed by atoms with Crippen molar-refractivity contribution in [3.05, 3.63) is 36.0 Å². The molecule has 1 aliphatic rings. The number of fused-ring (bicyclic) bond motifs is 1. The minimum atomic E-state index is -0.770. The van der Waals surface area contributed by atoms with Crippen molar-refractivity contribution in [2.24, 2.45) is 0 Å². The van der Waals surface area contributed by atoms with E-state index in [1.807, 2.05) is 24.3 Å². The monoisotopic (exact) mass is 271 g/mol. The standard InChI is InChI=1S/C14H13N3O3/c1-17-12(18)6-11(14(17)20)16-13(19)9-7-15-10-5-3-2-4-8(9)10/h2-5,7,11,15H,6H2,1H3,(H,16,19). The van der Waals surface area contributed by atoms with Gasteiger partial charge in [-0.25, -0.2) is 0 Å². The van der Waals surface area contributed by atoms with Gasteiger partial charge < -0.3 is 10.3 Å². The normalized spacial score (nSPS) is 18.9. The second kappa shape index (κ2) is 4.48. The number of hydrogen-bond acceptors (Lipinski definition) is 3. The summed E-state index contributed by atoms with van der Waals surface area (Å²) in [5.41, 5.74) is 1.32. The molecule has 1 aromatic carbocycles. The van der Waals surface area contributed by atoms with Crippen molar-refractivity contribution in [1.29, 1.82) is 0 Å². The van der Waals surface area contributed by atoms with Gasteiger partial charge in [-0.1, -0.05) is 18.2 Å². The lowest BCUT2D eigenvalue weighted by Crippen LogP contribution is -2.40. The fourth-order valence-electron chi connectivity index (χ4n) is 2.36. The van der Waals surface area contributed by atoms with Crippen LogP contribution in [0.1, 0.15) is 16.8 Å². The summed E-state index contributed by atoms with van der Waals surface area (Å²) in [7, 11) is 1.42. The maximum absolute atomic E-state index is 12.2. The Balaban J connectivity index is 1.84. The lowest BCUT2D eigenvalue weighted by atomic mass is 10.1. The maximum Gasteiger partial charge on any atom is 0.254 e. The number of imide groups is 1. The molecule has 6 nitrogen and oxygen atoms in total. The van der Waals surface area contributed by atoms with Crippen LogP contribution in [0.25, 0.3) is 10.9 Å². The number of carbonyl (C=O) groups excluding carboxylic acids is 3. The van der Waals surface area contributed by atoms with Gasteiger partial charge >= 0.3 is 0 Å². The molecule has 1 saturated heterocycles. The van der Waals surface area contributed by atoms with Crippen LogP contribution in [0, 0.1) is 0 Å². The Morgan fingerprint density at radius 2 is 2.10 bits per heavy atom. The highest BCUT2D eigenvalue weighted by atomic mass is 16.2. The van der Waals surface area contributed by atoms with Crippen LogP contribution in [-0.2, 0) is 9.59 Å². The molecule has 0 saturated carbocycles. The van der Waals surface area contributed by atoms with Gasteiger partial charge in [0.15, 0.2) is 0 Å². The SMILES string of the molecule is CN1C(=O)CC(NC(=O)c2c[nH]c3ccccc23)C1=O. The molecule has 3 amide bonds. The summed E-state index contributed by atoms with van der Waals surface area (Å²) in [4.78, 5) is 39.5. The Kier molecular flexibility index (Phi) is 2.78. The van der Waals surface area contributed by atoms with E-state index in [0.29, 0.717) is 5.56 Å². The Hall–Kier alpha value is -2.63. The number of carbonyl (C=O) groups is 3. The number of para-hydroxylation sites is 1.